The zero-order chi connectivity index (χ0) is 36.7. The molecule has 0 saturated heterocycles. The van der Waals surface area contributed by atoms with Gasteiger partial charge in [0, 0.05) is 12.2 Å². The summed E-state index contributed by atoms with van der Waals surface area (Å²) in [6, 6.07) is 20.2. The van der Waals surface area contributed by atoms with Crippen LogP contribution in [0, 0.1) is 0 Å². The molecular formula is C37H38O14. The third-order valence-electron chi connectivity index (χ3n) is 6.35. The van der Waals surface area contributed by atoms with Crippen molar-refractivity contribution in [1.82, 2.24) is 0 Å². The lowest BCUT2D eigenvalue weighted by atomic mass is 10.1. The molecule has 0 aliphatic rings. The summed E-state index contributed by atoms with van der Waals surface area (Å²) in [4.78, 5) is 58.2. The van der Waals surface area contributed by atoms with Crippen LogP contribution in [0.5, 0.6) is 17.2 Å². The fourth-order valence-corrected chi connectivity index (χ4v) is 3.81. The maximum Gasteiger partial charge on any atom is 0.343 e. The molecule has 0 heterocycles. The van der Waals surface area contributed by atoms with E-state index >= 15 is 0 Å². The number of rotatable bonds is 23. The Balaban J connectivity index is 1.31. The Bertz CT molecular complexity index is 1580. The smallest absolute Gasteiger partial charge is 0.343 e. The third kappa shape index (κ3) is 16.0. The molecule has 0 amide bonds. The molecule has 270 valence electrons. The van der Waals surface area contributed by atoms with Gasteiger partial charge in [0.15, 0.2) is 6.79 Å². The number of esters is 5. The van der Waals surface area contributed by atoms with Gasteiger partial charge in [-0.25, -0.2) is 14.4 Å². The summed E-state index contributed by atoms with van der Waals surface area (Å²) in [6.07, 6.45) is 2.07. The highest BCUT2D eigenvalue weighted by atomic mass is 16.7. The van der Waals surface area contributed by atoms with Crippen LogP contribution in [0.4, 0.5) is 0 Å². The zero-order valence-electron chi connectivity index (χ0n) is 27.8. The van der Waals surface area contributed by atoms with Gasteiger partial charge < -0.3 is 42.6 Å². The predicted octanol–water partition coefficient (Wildman–Crippen LogP) is 4.60. The SMILES string of the molecule is C=CC(=O)OCCOCOCCC(=O)Oc1ccc(C(=O)Oc2ccc(-c3ccc(OCOCCC(=O)OCCOC(=O)C=C)cc3)cc2)cc1. The van der Waals surface area contributed by atoms with Gasteiger partial charge in [0.05, 0.1) is 38.2 Å². The van der Waals surface area contributed by atoms with Crippen LogP contribution in [0.1, 0.15) is 23.2 Å². The summed E-state index contributed by atoms with van der Waals surface area (Å²) in [5, 5.41) is 0. The van der Waals surface area contributed by atoms with Crippen LogP contribution in [-0.2, 0) is 47.6 Å². The standard InChI is InChI=1S/C37H38O14/c1-3-33(38)46-22-21-45-25-43-20-18-36(41)50-31-15-9-29(10-16-31)37(42)51-32-13-7-28(8-14-32)27-5-11-30(12-6-27)49-26-44-19-17-35(40)48-24-23-47-34(39)4-2/h3-16H,1-2,17-26H2. The van der Waals surface area contributed by atoms with Gasteiger partial charge in [0.1, 0.15) is 43.9 Å². The molecule has 0 aromatic heterocycles. The summed E-state index contributed by atoms with van der Waals surface area (Å²) in [5.41, 5.74) is 2.05. The van der Waals surface area contributed by atoms with Gasteiger partial charge in [-0.2, -0.15) is 0 Å². The van der Waals surface area contributed by atoms with E-state index in [1.54, 1.807) is 24.3 Å². The van der Waals surface area contributed by atoms with E-state index in [0.717, 1.165) is 23.3 Å². The summed E-state index contributed by atoms with van der Waals surface area (Å²) in [5.74, 6) is -1.57. The van der Waals surface area contributed by atoms with Crippen LogP contribution in [0.25, 0.3) is 11.1 Å². The molecule has 0 radical (unpaired) electrons. The molecule has 3 aromatic carbocycles. The van der Waals surface area contributed by atoms with Crippen LogP contribution in [0.15, 0.2) is 98.1 Å². The Hall–Kier alpha value is -5.83. The summed E-state index contributed by atoms with van der Waals surface area (Å²) in [7, 11) is 0. The molecule has 51 heavy (non-hydrogen) atoms. The van der Waals surface area contributed by atoms with Crippen LogP contribution in [0.3, 0.4) is 0 Å². The fraction of sp³-hybridized carbons (Fsp3) is 0.270. The molecule has 3 rings (SSSR count). The number of hydrogen-bond acceptors (Lipinski definition) is 14. The van der Waals surface area contributed by atoms with E-state index in [9.17, 15) is 24.0 Å². The molecule has 0 N–H and O–H groups in total. The number of carbonyl (C=O) groups is 5. The minimum absolute atomic E-state index is 0.0174. The normalized spacial score (nSPS) is 10.4. The molecule has 14 nitrogen and oxygen atoms in total. The predicted molar refractivity (Wildman–Crippen MR) is 180 cm³/mol. The van der Waals surface area contributed by atoms with E-state index in [1.165, 1.54) is 24.3 Å². The summed E-state index contributed by atoms with van der Waals surface area (Å²) in [6.45, 7) is 6.67. The quantitative estimate of drug-likeness (QED) is 0.0335. The van der Waals surface area contributed by atoms with E-state index < -0.39 is 29.8 Å². The van der Waals surface area contributed by atoms with E-state index in [-0.39, 0.29) is 77.4 Å². The molecular weight excluding hydrogens is 668 g/mol. The van der Waals surface area contributed by atoms with Crippen molar-refractivity contribution >= 4 is 29.8 Å². The monoisotopic (exact) mass is 706 g/mol. The fourth-order valence-electron chi connectivity index (χ4n) is 3.81. The average Bonchev–Trinajstić information content (AvgIpc) is 3.14. The van der Waals surface area contributed by atoms with Gasteiger partial charge in [-0.1, -0.05) is 37.4 Å². The lowest BCUT2D eigenvalue weighted by Gasteiger charge is -2.09. The third-order valence-corrected chi connectivity index (χ3v) is 6.35. The van der Waals surface area contributed by atoms with Gasteiger partial charge in [0.2, 0.25) is 0 Å². The van der Waals surface area contributed by atoms with Crippen LogP contribution in [0.2, 0.25) is 0 Å². The van der Waals surface area contributed by atoms with Gasteiger partial charge in [-0.15, -0.1) is 0 Å². The van der Waals surface area contributed by atoms with Crippen molar-refractivity contribution in [3.8, 4) is 28.4 Å². The minimum atomic E-state index is -0.589. The van der Waals surface area contributed by atoms with Crippen molar-refractivity contribution in [2.75, 3.05) is 53.2 Å². The van der Waals surface area contributed by atoms with Crippen molar-refractivity contribution in [2.45, 2.75) is 12.8 Å². The van der Waals surface area contributed by atoms with Gasteiger partial charge in [-0.3, -0.25) is 9.59 Å². The molecule has 0 fully saturated rings. The Morgan fingerprint density at radius 3 is 1.57 bits per heavy atom. The topological polar surface area (TPSA) is 168 Å². The second-order valence-electron chi connectivity index (χ2n) is 10.0. The number of benzene rings is 3. The van der Waals surface area contributed by atoms with E-state index in [0.29, 0.717) is 11.5 Å². The van der Waals surface area contributed by atoms with E-state index in [2.05, 4.69) is 13.2 Å². The first-order valence-corrected chi connectivity index (χ1v) is 15.6. The van der Waals surface area contributed by atoms with Crippen molar-refractivity contribution in [3.63, 3.8) is 0 Å². The molecule has 0 atom stereocenters. The molecule has 14 heteroatoms. The summed E-state index contributed by atoms with van der Waals surface area (Å²) >= 11 is 0. The van der Waals surface area contributed by atoms with Crippen molar-refractivity contribution < 1.29 is 66.6 Å². The Morgan fingerprint density at radius 2 is 0.961 bits per heavy atom. The largest absolute Gasteiger partial charge is 0.468 e. The number of hydrogen-bond donors (Lipinski definition) is 0. The maximum atomic E-state index is 12.6. The van der Waals surface area contributed by atoms with Crippen molar-refractivity contribution in [1.29, 1.82) is 0 Å². The van der Waals surface area contributed by atoms with Crippen LogP contribution >= 0.6 is 0 Å². The first-order valence-electron chi connectivity index (χ1n) is 15.6. The van der Waals surface area contributed by atoms with Crippen LogP contribution in [-0.4, -0.2) is 83.1 Å². The first kappa shape index (κ1) is 39.6. The molecule has 0 unspecified atom stereocenters. The lowest BCUT2D eigenvalue weighted by Crippen LogP contribution is -2.15. The van der Waals surface area contributed by atoms with E-state index in [1.807, 2.05) is 24.3 Å². The molecule has 0 spiro atoms. The van der Waals surface area contributed by atoms with Gasteiger partial charge in [0.25, 0.3) is 0 Å². The highest BCUT2D eigenvalue weighted by Gasteiger charge is 2.11. The summed E-state index contributed by atoms with van der Waals surface area (Å²) < 4.78 is 46.3. The second-order valence-corrected chi connectivity index (χ2v) is 10.0. The molecule has 0 saturated carbocycles. The van der Waals surface area contributed by atoms with Crippen molar-refractivity contribution in [3.05, 3.63) is 104 Å². The molecule has 0 aliphatic heterocycles. The average molecular weight is 707 g/mol. The zero-order valence-corrected chi connectivity index (χ0v) is 27.8. The highest BCUT2D eigenvalue weighted by Crippen LogP contribution is 2.25. The van der Waals surface area contributed by atoms with Gasteiger partial charge in [-0.05, 0) is 59.7 Å². The maximum absolute atomic E-state index is 12.6. The molecule has 3 aromatic rings. The first-order chi connectivity index (χ1) is 24.8. The second kappa shape index (κ2) is 22.7. The highest BCUT2D eigenvalue weighted by molar-refractivity contribution is 5.91. The Morgan fingerprint density at radius 1 is 0.490 bits per heavy atom. The van der Waals surface area contributed by atoms with Crippen LogP contribution < -0.4 is 14.2 Å². The molecule has 0 bridgehead atoms. The van der Waals surface area contributed by atoms with Crippen molar-refractivity contribution in [2.24, 2.45) is 0 Å². The Labute approximate surface area is 294 Å². The number of carbonyl (C=O) groups excluding carboxylic acids is 5. The lowest BCUT2D eigenvalue weighted by molar-refractivity contribution is -0.151. The van der Waals surface area contributed by atoms with E-state index in [4.69, 9.17) is 42.6 Å². The molecule has 0 aliphatic carbocycles. The van der Waals surface area contributed by atoms with Gasteiger partial charge >= 0.3 is 29.8 Å². The Kier molecular flexibility index (Phi) is 17.7. The minimum Gasteiger partial charge on any atom is -0.468 e. The number of ether oxygens (including phenoxy) is 9.